The Morgan fingerprint density at radius 2 is 1.65 bits per heavy atom. The number of hydrogen-bond acceptors (Lipinski definition) is 14. The molecule has 40 heavy (non-hydrogen) atoms. The molecule has 0 amide bonds. The molecule has 2 aliphatic heterocycles. The Morgan fingerprint density at radius 3 is 2.30 bits per heavy atom. The van der Waals surface area contributed by atoms with E-state index < -0.39 is 92.1 Å². The third-order valence-corrected chi connectivity index (χ3v) is 7.33. The number of benzene rings is 1. The van der Waals surface area contributed by atoms with E-state index in [9.17, 15) is 45.3 Å². The summed E-state index contributed by atoms with van der Waals surface area (Å²) >= 11 is 0. The molecule has 1 saturated heterocycles. The van der Waals surface area contributed by atoms with Crippen LogP contribution in [0.4, 0.5) is 0 Å². The standard InChI is InChI=1S/C26H32O14/c1-36-24(35)14-10-38-25(40-26-23(34)22(33)20(31)15(8-27)39-26)18-13(19(30)21(32)17(14)18)9-37-16(29)7-4-11-2-5-12(28)6-3-11/h2-7,10,13,15,17-23,25-28,30-34H,8-9H2,1H3/b7-4+. The predicted octanol–water partition coefficient (Wildman–Crippen LogP) is -2.24. The molecule has 11 atom stereocenters. The van der Waals surface area contributed by atoms with Gasteiger partial charge >= 0.3 is 11.9 Å². The molecule has 2 heterocycles. The number of phenolic OH excluding ortho intramolecular Hbond substituents is 1. The van der Waals surface area contributed by atoms with E-state index in [0.29, 0.717) is 5.56 Å². The van der Waals surface area contributed by atoms with Gasteiger partial charge in [-0.1, -0.05) is 12.1 Å². The first-order valence-corrected chi connectivity index (χ1v) is 12.5. The van der Waals surface area contributed by atoms with Crippen LogP contribution in [0, 0.1) is 17.8 Å². The zero-order chi connectivity index (χ0) is 29.1. The number of phenols is 1. The van der Waals surface area contributed by atoms with Crippen LogP contribution in [0.2, 0.25) is 0 Å². The Hall–Kier alpha value is -3.08. The minimum absolute atomic E-state index is 0.0543. The molecule has 220 valence electrons. The van der Waals surface area contributed by atoms with Gasteiger partial charge in [0.05, 0.1) is 44.4 Å². The second-order valence-corrected chi connectivity index (χ2v) is 9.71. The lowest BCUT2D eigenvalue weighted by Crippen LogP contribution is -2.60. The van der Waals surface area contributed by atoms with Gasteiger partial charge in [0, 0.05) is 23.8 Å². The molecule has 14 nitrogen and oxygen atoms in total. The second-order valence-electron chi connectivity index (χ2n) is 9.71. The molecule has 2 fully saturated rings. The van der Waals surface area contributed by atoms with Gasteiger partial charge in [0.2, 0.25) is 6.29 Å². The molecule has 0 aromatic heterocycles. The van der Waals surface area contributed by atoms with E-state index in [0.717, 1.165) is 19.4 Å². The van der Waals surface area contributed by atoms with Crippen molar-refractivity contribution in [2.75, 3.05) is 20.3 Å². The Labute approximate surface area is 228 Å². The molecule has 4 rings (SSSR count). The highest BCUT2D eigenvalue weighted by atomic mass is 16.8. The smallest absolute Gasteiger partial charge is 0.337 e. The minimum Gasteiger partial charge on any atom is -0.508 e. The highest BCUT2D eigenvalue weighted by Crippen LogP contribution is 2.48. The molecule has 1 aromatic carbocycles. The van der Waals surface area contributed by atoms with Gasteiger partial charge in [-0.3, -0.25) is 0 Å². The summed E-state index contributed by atoms with van der Waals surface area (Å²) in [5.41, 5.74) is 0.487. The zero-order valence-corrected chi connectivity index (χ0v) is 21.3. The molecule has 0 spiro atoms. The van der Waals surface area contributed by atoms with Crippen LogP contribution < -0.4 is 0 Å². The zero-order valence-electron chi connectivity index (χ0n) is 21.3. The van der Waals surface area contributed by atoms with Crippen LogP contribution in [-0.4, -0.2) is 117 Å². The van der Waals surface area contributed by atoms with E-state index in [-0.39, 0.29) is 11.3 Å². The number of carbonyl (C=O) groups is 2. The van der Waals surface area contributed by atoms with Crippen molar-refractivity contribution < 1.29 is 69.0 Å². The summed E-state index contributed by atoms with van der Waals surface area (Å²) in [5.74, 6) is -4.78. The monoisotopic (exact) mass is 568 g/mol. The lowest BCUT2D eigenvalue weighted by Gasteiger charge is -2.43. The average molecular weight is 569 g/mol. The van der Waals surface area contributed by atoms with E-state index in [1.807, 2.05) is 0 Å². The number of methoxy groups -OCH3 is 1. The van der Waals surface area contributed by atoms with Crippen LogP contribution in [0.25, 0.3) is 6.08 Å². The third-order valence-electron chi connectivity index (χ3n) is 7.33. The number of carbonyl (C=O) groups excluding carboxylic acids is 2. The van der Waals surface area contributed by atoms with Crippen molar-refractivity contribution in [1.82, 2.24) is 0 Å². The maximum Gasteiger partial charge on any atom is 0.337 e. The van der Waals surface area contributed by atoms with Gasteiger partial charge in [0.1, 0.15) is 30.2 Å². The maximum absolute atomic E-state index is 12.4. The van der Waals surface area contributed by atoms with E-state index in [4.69, 9.17) is 23.7 Å². The summed E-state index contributed by atoms with van der Waals surface area (Å²) < 4.78 is 26.8. The third kappa shape index (κ3) is 5.99. The van der Waals surface area contributed by atoms with Gasteiger partial charge in [-0.15, -0.1) is 0 Å². The lowest BCUT2D eigenvalue weighted by atomic mass is 9.82. The van der Waals surface area contributed by atoms with Crippen molar-refractivity contribution in [3.63, 3.8) is 0 Å². The number of fused-ring (bicyclic) bond motifs is 1. The summed E-state index contributed by atoms with van der Waals surface area (Å²) in [6, 6.07) is 6.02. The van der Waals surface area contributed by atoms with Gasteiger partial charge in [-0.2, -0.15) is 0 Å². The molecule has 0 bridgehead atoms. The van der Waals surface area contributed by atoms with Crippen LogP contribution in [-0.2, 0) is 33.3 Å². The number of aromatic hydroxyl groups is 1. The highest BCUT2D eigenvalue weighted by molar-refractivity contribution is 5.89. The largest absolute Gasteiger partial charge is 0.508 e. The fourth-order valence-corrected chi connectivity index (χ4v) is 5.18. The van der Waals surface area contributed by atoms with E-state index in [1.54, 1.807) is 12.1 Å². The molecule has 1 saturated carbocycles. The van der Waals surface area contributed by atoms with E-state index >= 15 is 0 Å². The molecule has 1 aromatic rings. The second kappa shape index (κ2) is 12.6. The average Bonchev–Trinajstić information content (AvgIpc) is 3.21. The predicted molar refractivity (Wildman–Crippen MR) is 130 cm³/mol. The quantitative estimate of drug-likeness (QED) is 0.130. The van der Waals surface area contributed by atoms with Crippen molar-refractivity contribution in [2.24, 2.45) is 17.8 Å². The van der Waals surface area contributed by atoms with Gasteiger partial charge in [-0.25, -0.2) is 9.59 Å². The first-order valence-electron chi connectivity index (χ1n) is 12.5. The molecular formula is C26H32O14. The van der Waals surface area contributed by atoms with Crippen molar-refractivity contribution >= 4 is 18.0 Å². The minimum atomic E-state index is -1.77. The van der Waals surface area contributed by atoms with Crippen molar-refractivity contribution in [2.45, 2.75) is 49.2 Å². The van der Waals surface area contributed by atoms with Crippen molar-refractivity contribution in [1.29, 1.82) is 0 Å². The number of rotatable bonds is 8. The Bertz CT molecular complexity index is 1100. The maximum atomic E-state index is 12.4. The summed E-state index contributed by atoms with van der Waals surface area (Å²) in [6.07, 6.45) is -8.97. The number of ether oxygens (including phenoxy) is 5. The number of aliphatic hydroxyl groups is 6. The van der Waals surface area contributed by atoms with Crippen molar-refractivity contribution in [3.05, 3.63) is 47.7 Å². The lowest BCUT2D eigenvalue weighted by molar-refractivity contribution is -0.343. The number of aliphatic hydroxyl groups excluding tert-OH is 6. The first-order chi connectivity index (χ1) is 19.1. The van der Waals surface area contributed by atoms with E-state index in [2.05, 4.69) is 0 Å². The molecule has 3 aliphatic rings. The summed E-state index contributed by atoms with van der Waals surface area (Å²) in [4.78, 5) is 24.8. The highest BCUT2D eigenvalue weighted by Gasteiger charge is 2.59. The first kappa shape index (κ1) is 29.9. The summed E-state index contributed by atoms with van der Waals surface area (Å²) in [6.45, 7) is -1.15. The Morgan fingerprint density at radius 1 is 0.950 bits per heavy atom. The molecule has 7 N–H and O–H groups in total. The van der Waals surface area contributed by atoms with Gasteiger partial charge in [0.25, 0.3) is 0 Å². The van der Waals surface area contributed by atoms with Crippen LogP contribution in [0.15, 0.2) is 42.2 Å². The fourth-order valence-electron chi connectivity index (χ4n) is 5.18. The van der Waals surface area contributed by atoms with E-state index in [1.165, 1.54) is 18.2 Å². The SMILES string of the molecule is COC(=O)C1=COC(OC2OC(CO)C(O)C(O)C2O)C2C(COC(=O)/C=C/c3ccc(O)cc3)C(O)C(O)C12. The van der Waals surface area contributed by atoms with Crippen LogP contribution in [0.3, 0.4) is 0 Å². The number of esters is 2. The molecule has 0 radical (unpaired) electrons. The van der Waals surface area contributed by atoms with Crippen LogP contribution >= 0.6 is 0 Å². The topological polar surface area (TPSA) is 222 Å². The van der Waals surface area contributed by atoms with Crippen LogP contribution in [0.5, 0.6) is 5.75 Å². The van der Waals surface area contributed by atoms with Crippen LogP contribution in [0.1, 0.15) is 5.56 Å². The molecule has 11 unspecified atom stereocenters. The Balaban J connectivity index is 1.54. The Kier molecular flexibility index (Phi) is 9.43. The molecular weight excluding hydrogens is 536 g/mol. The fraction of sp³-hybridized carbons (Fsp3) is 0.538. The molecule has 1 aliphatic carbocycles. The van der Waals surface area contributed by atoms with Gasteiger partial charge < -0.3 is 59.4 Å². The summed E-state index contributed by atoms with van der Waals surface area (Å²) in [5, 5.41) is 71.2. The van der Waals surface area contributed by atoms with Crippen molar-refractivity contribution in [3.8, 4) is 5.75 Å². The van der Waals surface area contributed by atoms with Gasteiger partial charge in [0.15, 0.2) is 6.29 Å². The number of hydrogen-bond donors (Lipinski definition) is 7. The molecule has 14 heteroatoms. The normalized spacial score (nSPS) is 37.4. The van der Waals surface area contributed by atoms with Gasteiger partial charge in [-0.05, 0) is 23.8 Å². The summed E-state index contributed by atoms with van der Waals surface area (Å²) in [7, 11) is 1.12.